The summed E-state index contributed by atoms with van der Waals surface area (Å²) in [4.78, 5) is 24.2. The van der Waals surface area contributed by atoms with E-state index < -0.39 is 0 Å². The van der Waals surface area contributed by atoms with Gasteiger partial charge < -0.3 is 9.88 Å². The molecule has 118 valence electrons. The van der Waals surface area contributed by atoms with E-state index >= 15 is 0 Å². The van der Waals surface area contributed by atoms with Crippen LogP contribution in [0.4, 0.5) is 0 Å². The number of carbonyl (C=O) groups excluding carboxylic acids is 1. The number of piperazine rings is 1. The SMILES string of the molecule is Cc1cc(C)n(CC(=O)N2CCN(C)[C@@H](c3ncc[nH]3)C2)n1. The number of aromatic nitrogens is 4. The Morgan fingerprint density at radius 3 is 2.86 bits per heavy atom. The van der Waals surface area contributed by atoms with E-state index in [-0.39, 0.29) is 11.9 Å². The number of hydrogen-bond acceptors (Lipinski definition) is 4. The fourth-order valence-electron chi connectivity index (χ4n) is 2.92. The molecule has 0 aromatic carbocycles. The van der Waals surface area contributed by atoms with Crippen molar-refractivity contribution in [2.24, 2.45) is 0 Å². The summed E-state index contributed by atoms with van der Waals surface area (Å²) < 4.78 is 1.78. The maximum absolute atomic E-state index is 12.6. The second-order valence-corrected chi connectivity index (χ2v) is 5.90. The van der Waals surface area contributed by atoms with Crippen molar-refractivity contribution >= 4 is 5.91 Å². The summed E-state index contributed by atoms with van der Waals surface area (Å²) in [6.45, 7) is 6.45. The Morgan fingerprint density at radius 1 is 1.41 bits per heavy atom. The van der Waals surface area contributed by atoms with Crippen molar-refractivity contribution in [2.75, 3.05) is 26.7 Å². The average molecular weight is 302 g/mol. The van der Waals surface area contributed by atoms with E-state index in [0.717, 1.165) is 30.3 Å². The van der Waals surface area contributed by atoms with E-state index in [2.05, 4.69) is 27.0 Å². The summed E-state index contributed by atoms with van der Waals surface area (Å²) in [5.74, 6) is 1.02. The molecule has 1 fully saturated rings. The first-order chi connectivity index (χ1) is 10.5. The molecule has 1 atom stereocenters. The molecule has 1 amide bonds. The molecule has 0 bridgehead atoms. The van der Waals surface area contributed by atoms with Crippen LogP contribution in [0.3, 0.4) is 0 Å². The van der Waals surface area contributed by atoms with Crippen LogP contribution in [0.15, 0.2) is 18.5 Å². The smallest absolute Gasteiger partial charge is 0.244 e. The lowest BCUT2D eigenvalue weighted by atomic mass is 10.1. The third kappa shape index (κ3) is 2.89. The lowest BCUT2D eigenvalue weighted by Crippen LogP contribution is -2.50. The number of nitrogens with zero attached hydrogens (tertiary/aromatic N) is 5. The molecule has 7 heteroatoms. The monoisotopic (exact) mass is 302 g/mol. The highest BCUT2D eigenvalue weighted by molar-refractivity contribution is 5.76. The highest BCUT2D eigenvalue weighted by Crippen LogP contribution is 2.21. The van der Waals surface area contributed by atoms with Crippen molar-refractivity contribution in [1.82, 2.24) is 29.5 Å². The summed E-state index contributed by atoms with van der Waals surface area (Å²) in [5.41, 5.74) is 1.96. The van der Waals surface area contributed by atoms with Gasteiger partial charge in [-0.1, -0.05) is 0 Å². The minimum Gasteiger partial charge on any atom is -0.347 e. The van der Waals surface area contributed by atoms with Crippen molar-refractivity contribution in [1.29, 1.82) is 0 Å². The van der Waals surface area contributed by atoms with Crippen LogP contribution in [-0.4, -0.2) is 62.1 Å². The van der Waals surface area contributed by atoms with Crippen molar-refractivity contribution < 1.29 is 4.79 Å². The largest absolute Gasteiger partial charge is 0.347 e. The van der Waals surface area contributed by atoms with Crippen LogP contribution in [0.2, 0.25) is 0 Å². The fourth-order valence-corrected chi connectivity index (χ4v) is 2.92. The van der Waals surface area contributed by atoms with Gasteiger partial charge in [0.15, 0.2) is 0 Å². The van der Waals surface area contributed by atoms with Gasteiger partial charge in [0.25, 0.3) is 0 Å². The molecule has 1 saturated heterocycles. The molecule has 0 unspecified atom stereocenters. The molecular formula is C15H22N6O. The number of imidazole rings is 1. The number of aromatic amines is 1. The van der Waals surface area contributed by atoms with E-state index in [4.69, 9.17) is 0 Å². The summed E-state index contributed by atoms with van der Waals surface area (Å²) in [5, 5.41) is 4.37. The molecule has 7 nitrogen and oxygen atoms in total. The Hall–Kier alpha value is -2.15. The van der Waals surface area contributed by atoms with Crippen LogP contribution in [0, 0.1) is 13.8 Å². The number of aryl methyl sites for hydroxylation is 2. The minimum absolute atomic E-state index is 0.107. The van der Waals surface area contributed by atoms with Crippen molar-refractivity contribution in [3.05, 3.63) is 35.7 Å². The molecule has 2 aromatic rings. The van der Waals surface area contributed by atoms with E-state index in [0.29, 0.717) is 13.1 Å². The van der Waals surface area contributed by atoms with E-state index in [1.165, 1.54) is 0 Å². The molecule has 2 aromatic heterocycles. The number of carbonyl (C=O) groups is 1. The molecule has 22 heavy (non-hydrogen) atoms. The number of likely N-dealkylation sites (N-methyl/N-ethyl adjacent to an activating group) is 1. The third-order valence-corrected chi connectivity index (χ3v) is 4.22. The lowest BCUT2D eigenvalue weighted by Gasteiger charge is -2.38. The highest BCUT2D eigenvalue weighted by Gasteiger charge is 2.30. The summed E-state index contributed by atoms with van der Waals surface area (Å²) in [6, 6.07) is 2.11. The van der Waals surface area contributed by atoms with Crippen molar-refractivity contribution in [2.45, 2.75) is 26.4 Å². The first-order valence-electron chi connectivity index (χ1n) is 7.53. The van der Waals surface area contributed by atoms with Crippen LogP contribution in [-0.2, 0) is 11.3 Å². The Bertz CT molecular complexity index is 647. The minimum atomic E-state index is 0.107. The second-order valence-electron chi connectivity index (χ2n) is 5.90. The number of nitrogens with one attached hydrogen (secondary N) is 1. The predicted octanol–water partition coefficient (Wildman–Crippen LogP) is 0.738. The Labute approximate surface area is 129 Å². The topological polar surface area (TPSA) is 70.1 Å². The van der Waals surface area contributed by atoms with E-state index in [1.807, 2.05) is 31.0 Å². The van der Waals surface area contributed by atoms with Gasteiger partial charge in [-0.05, 0) is 27.0 Å². The van der Waals surface area contributed by atoms with Gasteiger partial charge in [0.05, 0.1) is 11.7 Å². The molecule has 1 aliphatic heterocycles. The van der Waals surface area contributed by atoms with Gasteiger partial charge in [0.1, 0.15) is 12.4 Å². The summed E-state index contributed by atoms with van der Waals surface area (Å²) in [6.07, 6.45) is 3.57. The summed E-state index contributed by atoms with van der Waals surface area (Å²) in [7, 11) is 2.07. The van der Waals surface area contributed by atoms with Crippen LogP contribution < -0.4 is 0 Å². The zero-order chi connectivity index (χ0) is 15.7. The van der Waals surface area contributed by atoms with Crippen LogP contribution in [0.5, 0.6) is 0 Å². The molecule has 1 aliphatic rings. The molecular weight excluding hydrogens is 280 g/mol. The average Bonchev–Trinajstić information content (AvgIpc) is 3.10. The second kappa shape index (κ2) is 5.92. The van der Waals surface area contributed by atoms with E-state index in [1.54, 1.807) is 10.9 Å². The van der Waals surface area contributed by atoms with Gasteiger partial charge in [0.2, 0.25) is 5.91 Å². The number of H-pyrrole nitrogens is 1. The van der Waals surface area contributed by atoms with Crippen molar-refractivity contribution in [3.8, 4) is 0 Å². The van der Waals surface area contributed by atoms with Crippen LogP contribution >= 0.6 is 0 Å². The van der Waals surface area contributed by atoms with Crippen LogP contribution in [0.25, 0.3) is 0 Å². The number of amides is 1. The van der Waals surface area contributed by atoms with Gasteiger partial charge in [-0.3, -0.25) is 14.4 Å². The van der Waals surface area contributed by atoms with Gasteiger partial charge in [-0.2, -0.15) is 5.10 Å². The van der Waals surface area contributed by atoms with E-state index in [9.17, 15) is 4.79 Å². The molecule has 0 aliphatic carbocycles. The standard InChI is InChI=1S/C15H22N6O/c1-11-8-12(2)21(18-11)10-14(22)20-7-6-19(3)13(9-20)15-16-4-5-17-15/h4-5,8,13H,6-7,9-10H2,1-3H3,(H,16,17)/t13-/m1/s1. The Balaban J connectivity index is 1.69. The zero-order valence-electron chi connectivity index (χ0n) is 13.3. The maximum atomic E-state index is 12.6. The van der Waals surface area contributed by atoms with Gasteiger partial charge >= 0.3 is 0 Å². The fraction of sp³-hybridized carbons (Fsp3) is 0.533. The highest BCUT2D eigenvalue weighted by atomic mass is 16.2. The zero-order valence-corrected chi connectivity index (χ0v) is 13.3. The first-order valence-corrected chi connectivity index (χ1v) is 7.53. The molecule has 0 radical (unpaired) electrons. The summed E-state index contributed by atoms with van der Waals surface area (Å²) >= 11 is 0. The Kier molecular flexibility index (Phi) is 3.98. The normalized spacial score (nSPS) is 19.6. The first kappa shape index (κ1) is 14.8. The van der Waals surface area contributed by atoms with Gasteiger partial charge in [-0.15, -0.1) is 0 Å². The number of hydrogen-bond donors (Lipinski definition) is 1. The van der Waals surface area contributed by atoms with Gasteiger partial charge in [-0.25, -0.2) is 4.98 Å². The molecule has 3 heterocycles. The Morgan fingerprint density at radius 2 is 2.23 bits per heavy atom. The molecule has 3 rings (SSSR count). The third-order valence-electron chi connectivity index (χ3n) is 4.22. The molecule has 0 spiro atoms. The lowest BCUT2D eigenvalue weighted by molar-refractivity contribution is -0.135. The van der Waals surface area contributed by atoms with Gasteiger partial charge in [0, 0.05) is 37.7 Å². The predicted molar refractivity (Wildman–Crippen MR) is 82.2 cm³/mol. The molecule has 1 N–H and O–H groups in total. The number of rotatable bonds is 3. The molecule has 0 saturated carbocycles. The van der Waals surface area contributed by atoms with Crippen LogP contribution in [0.1, 0.15) is 23.3 Å². The van der Waals surface area contributed by atoms with Crippen molar-refractivity contribution in [3.63, 3.8) is 0 Å². The maximum Gasteiger partial charge on any atom is 0.244 e. The quantitative estimate of drug-likeness (QED) is 0.908.